The molecule has 3 aromatic carbocycles. The van der Waals surface area contributed by atoms with Crippen molar-refractivity contribution in [2.45, 2.75) is 26.5 Å². The largest absolute Gasteiger partial charge is 0.480 e. The Balaban J connectivity index is 1.67. The predicted octanol–water partition coefficient (Wildman–Crippen LogP) is 5.29. The van der Waals surface area contributed by atoms with Gasteiger partial charge in [0, 0.05) is 18.3 Å². The van der Waals surface area contributed by atoms with Gasteiger partial charge >= 0.3 is 0 Å². The van der Waals surface area contributed by atoms with Gasteiger partial charge in [-0.3, -0.25) is 4.79 Å². The highest BCUT2D eigenvalue weighted by atomic mass is 16.5. The second-order valence-corrected chi connectivity index (χ2v) is 7.15. The summed E-state index contributed by atoms with van der Waals surface area (Å²) in [4.78, 5) is 13.2. The summed E-state index contributed by atoms with van der Waals surface area (Å²) < 4.78 is 6.27. The summed E-state index contributed by atoms with van der Waals surface area (Å²) in [6, 6.07) is 23.8. The molecule has 3 heteroatoms. The molecule has 1 aliphatic heterocycles. The first kappa shape index (κ1) is 18.1. The Morgan fingerprint density at radius 3 is 2.43 bits per heavy atom. The van der Waals surface area contributed by atoms with E-state index in [0.717, 1.165) is 11.1 Å². The molecule has 0 spiro atoms. The molecule has 0 aliphatic carbocycles. The van der Waals surface area contributed by atoms with Crippen LogP contribution in [0.1, 0.15) is 38.7 Å². The van der Waals surface area contributed by atoms with Gasteiger partial charge in [-0.25, -0.2) is 0 Å². The van der Waals surface area contributed by atoms with Crippen molar-refractivity contribution >= 4 is 5.78 Å². The number of para-hydroxylation sites is 1. The van der Waals surface area contributed by atoms with Crippen molar-refractivity contribution in [2.24, 2.45) is 0 Å². The van der Waals surface area contributed by atoms with E-state index in [-0.39, 0.29) is 5.78 Å². The number of hydrogen-bond donors (Lipinski definition) is 1. The van der Waals surface area contributed by atoms with E-state index in [1.807, 2.05) is 61.7 Å². The van der Waals surface area contributed by atoms with E-state index in [4.69, 9.17) is 4.74 Å². The molecule has 0 amide bonds. The highest BCUT2D eigenvalue weighted by Crippen LogP contribution is 2.38. The maximum absolute atomic E-state index is 13.2. The Kier molecular flexibility index (Phi) is 4.98. The lowest BCUT2D eigenvalue weighted by molar-refractivity contribution is 0.0959. The van der Waals surface area contributed by atoms with E-state index in [9.17, 15) is 4.79 Å². The molecule has 140 valence electrons. The lowest BCUT2D eigenvalue weighted by atomic mass is 9.89. The van der Waals surface area contributed by atoms with Crippen LogP contribution in [0.25, 0.3) is 0 Å². The zero-order chi connectivity index (χ0) is 19.5. The second-order valence-electron chi connectivity index (χ2n) is 7.15. The zero-order valence-electron chi connectivity index (χ0n) is 16.1. The van der Waals surface area contributed by atoms with Gasteiger partial charge < -0.3 is 10.1 Å². The SMILES string of the molecule is Cc1ccc(CN/C=C2\C(=O)c3ccccc3O[C@H]2c2ccccc2C)cc1. The van der Waals surface area contributed by atoms with Crippen LogP contribution in [0.3, 0.4) is 0 Å². The number of ketones is 1. The van der Waals surface area contributed by atoms with Gasteiger partial charge in [0.2, 0.25) is 0 Å². The van der Waals surface area contributed by atoms with Crippen LogP contribution in [-0.2, 0) is 6.54 Å². The van der Waals surface area contributed by atoms with Gasteiger partial charge in [0.15, 0.2) is 11.9 Å². The summed E-state index contributed by atoms with van der Waals surface area (Å²) in [5, 5.41) is 3.31. The topological polar surface area (TPSA) is 38.3 Å². The first-order chi connectivity index (χ1) is 13.6. The number of benzene rings is 3. The quantitative estimate of drug-likeness (QED) is 0.635. The molecular weight excluding hydrogens is 346 g/mol. The summed E-state index contributed by atoms with van der Waals surface area (Å²) >= 11 is 0. The molecule has 0 bridgehead atoms. The van der Waals surface area contributed by atoms with Crippen molar-refractivity contribution in [3.05, 3.63) is 112 Å². The molecule has 0 fully saturated rings. The third-order valence-corrected chi connectivity index (χ3v) is 5.08. The second kappa shape index (κ2) is 7.73. The molecule has 3 nitrogen and oxygen atoms in total. The normalized spacial score (nSPS) is 17.1. The number of rotatable bonds is 4. The van der Waals surface area contributed by atoms with E-state index in [1.54, 1.807) is 0 Å². The molecule has 1 atom stereocenters. The fourth-order valence-corrected chi connectivity index (χ4v) is 3.46. The van der Waals surface area contributed by atoms with Crippen LogP contribution >= 0.6 is 0 Å². The zero-order valence-corrected chi connectivity index (χ0v) is 16.1. The van der Waals surface area contributed by atoms with E-state index < -0.39 is 6.10 Å². The fourth-order valence-electron chi connectivity index (χ4n) is 3.46. The van der Waals surface area contributed by atoms with E-state index in [1.165, 1.54) is 11.1 Å². The van der Waals surface area contributed by atoms with Crippen LogP contribution in [0.5, 0.6) is 5.75 Å². The molecule has 0 saturated heterocycles. The predicted molar refractivity (Wildman–Crippen MR) is 111 cm³/mol. The van der Waals surface area contributed by atoms with Gasteiger partial charge in [-0.15, -0.1) is 0 Å². The molecule has 1 aliphatic rings. The Labute approximate surface area is 165 Å². The molecule has 0 aromatic heterocycles. The van der Waals surface area contributed by atoms with Crippen LogP contribution in [-0.4, -0.2) is 5.78 Å². The van der Waals surface area contributed by atoms with E-state index in [2.05, 4.69) is 36.5 Å². The fraction of sp³-hybridized carbons (Fsp3) is 0.160. The highest BCUT2D eigenvalue weighted by molar-refractivity contribution is 6.12. The monoisotopic (exact) mass is 369 g/mol. The molecule has 3 aromatic rings. The van der Waals surface area contributed by atoms with Crippen molar-refractivity contribution < 1.29 is 9.53 Å². The summed E-state index contributed by atoms with van der Waals surface area (Å²) in [6.07, 6.45) is 1.39. The van der Waals surface area contributed by atoms with E-state index >= 15 is 0 Å². The standard InChI is InChI=1S/C25H23NO2/c1-17-11-13-19(14-12-17)15-26-16-22-24(27)21-9-5-6-10-23(21)28-25(22)20-8-4-3-7-18(20)2/h3-14,16,25-26H,15H2,1-2H3/b22-16+/t25-/m0/s1. The molecule has 0 saturated carbocycles. The van der Waals surface area contributed by atoms with Gasteiger partial charge in [0.25, 0.3) is 0 Å². The minimum atomic E-state index is -0.422. The summed E-state index contributed by atoms with van der Waals surface area (Å²) in [6.45, 7) is 4.77. The maximum atomic E-state index is 13.2. The average Bonchev–Trinajstić information content (AvgIpc) is 2.71. The lowest BCUT2D eigenvalue weighted by Crippen LogP contribution is -2.26. The van der Waals surface area contributed by atoms with Crippen LogP contribution in [0.2, 0.25) is 0 Å². The number of nitrogens with one attached hydrogen (secondary N) is 1. The van der Waals surface area contributed by atoms with Crippen molar-refractivity contribution in [2.75, 3.05) is 0 Å². The molecule has 28 heavy (non-hydrogen) atoms. The number of Topliss-reactive ketones (excluding diaryl/α,β-unsaturated/α-hetero) is 1. The minimum absolute atomic E-state index is 0.00603. The van der Waals surface area contributed by atoms with Gasteiger partial charge in [-0.2, -0.15) is 0 Å². The Bertz CT molecular complexity index is 1030. The summed E-state index contributed by atoms with van der Waals surface area (Å²) in [7, 11) is 0. The Morgan fingerprint density at radius 1 is 0.929 bits per heavy atom. The third-order valence-electron chi connectivity index (χ3n) is 5.08. The molecule has 0 unspecified atom stereocenters. The van der Waals surface area contributed by atoms with Gasteiger partial charge in [-0.1, -0.05) is 66.2 Å². The third kappa shape index (κ3) is 3.56. The van der Waals surface area contributed by atoms with Gasteiger partial charge in [-0.05, 0) is 37.1 Å². The van der Waals surface area contributed by atoms with Gasteiger partial charge in [0.05, 0.1) is 11.1 Å². The van der Waals surface area contributed by atoms with Gasteiger partial charge in [0.1, 0.15) is 5.75 Å². The van der Waals surface area contributed by atoms with E-state index in [0.29, 0.717) is 23.4 Å². The summed E-state index contributed by atoms with van der Waals surface area (Å²) in [5.74, 6) is 0.642. The Hall–Kier alpha value is -3.33. The first-order valence-corrected chi connectivity index (χ1v) is 9.48. The average molecular weight is 369 g/mol. The maximum Gasteiger partial charge on any atom is 0.198 e. The van der Waals surface area contributed by atoms with Crippen LogP contribution in [0, 0.1) is 13.8 Å². The summed E-state index contributed by atoms with van der Waals surface area (Å²) in [5.41, 5.74) is 5.74. The van der Waals surface area contributed by atoms with Crippen molar-refractivity contribution in [1.82, 2.24) is 5.32 Å². The number of aryl methyl sites for hydroxylation is 2. The molecular formula is C25H23NO2. The van der Waals surface area contributed by atoms with Crippen LogP contribution in [0.4, 0.5) is 0 Å². The van der Waals surface area contributed by atoms with Crippen molar-refractivity contribution in [3.8, 4) is 5.75 Å². The number of ether oxygens (including phenoxy) is 1. The number of carbonyl (C=O) groups excluding carboxylic acids is 1. The number of fused-ring (bicyclic) bond motifs is 1. The molecule has 1 heterocycles. The van der Waals surface area contributed by atoms with Crippen molar-refractivity contribution in [3.63, 3.8) is 0 Å². The smallest absolute Gasteiger partial charge is 0.198 e. The lowest BCUT2D eigenvalue weighted by Gasteiger charge is -2.29. The molecule has 0 radical (unpaired) electrons. The highest BCUT2D eigenvalue weighted by Gasteiger charge is 2.33. The number of carbonyl (C=O) groups is 1. The first-order valence-electron chi connectivity index (χ1n) is 9.48. The van der Waals surface area contributed by atoms with Crippen LogP contribution in [0.15, 0.2) is 84.6 Å². The molecule has 4 rings (SSSR count). The number of hydrogen-bond acceptors (Lipinski definition) is 3. The van der Waals surface area contributed by atoms with Crippen molar-refractivity contribution in [1.29, 1.82) is 0 Å². The Morgan fingerprint density at radius 2 is 1.64 bits per heavy atom. The van der Waals surface area contributed by atoms with Crippen LogP contribution < -0.4 is 10.1 Å². The minimum Gasteiger partial charge on any atom is -0.480 e. The molecule has 1 N–H and O–H groups in total.